The first kappa shape index (κ1) is 19.2. The average molecular weight is 374 g/mol. The zero-order valence-electron chi connectivity index (χ0n) is 15.6. The molecule has 1 aromatic heterocycles. The van der Waals surface area contributed by atoms with Crippen LogP contribution >= 0.6 is 0 Å². The maximum Gasteiger partial charge on any atom is 0.317 e. The Bertz CT molecular complexity index is 786. The number of piperidine rings is 1. The molecule has 7 heteroatoms. The normalized spacial score (nSPS) is 16.2. The van der Waals surface area contributed by atoms with Gasteiger partial charge in [-0.15, -0.1) is 0 Å². The summed E-state index contributed by atoms with van der Waals surface area (Å²) >= 11 is 0. The summed E-state index contributed by atoms with van der Waals surface area (Å²) in [6.45, 7) is 4.96. The van der Waals surface area contributed by atoms with E-state index >= 15 is 0 Å². The fourth-order valence-electron chi connectivity index (χ4n) is 3.47. The van der Waals surface area contributed by atoms with Crippen molar-refractivity contribution in [1.82, 2.24) is 20.2 Å². The van der Waals surface area contributed by atoms with E-state index in [4.69, 9.17) is 0 Å². The molecule has 0 saturated carbocycles. The lowest BCUT2D eigenvalue weighted by Crippen LogP contribution is -2.45. The number of urea groups is 1. The van der Waals surface area contributed by atoms with E-state index < -0.39 is 11.6 Å². The molecule has 0 radical (unpaired) electrons. The van der Waals surface area contributed by atoms with Gasteiger partial charge in [0.05, 0.1) is 11.7 Å². The predicted molar refractivity (Wildman–Crippen MR) is 98.1 cm³/mol. The molecule has 1 N–H and O–H groups in total. The van der Waals surface area contributed by atoms with Crippen LogP contribution in [0.1, 0.15) is 42.9 Å². The summed E-state index contributed by atoms with van der Waals surface area (Å²) in [7, 11) is 0. The molecule has 0 spiro atoms. The Morgan fingerprint density at radius 1 is 1.26 bits per heavy atom. The van der Waals surface area contributed by atoms with Crippen LogP contribution in [0.25, 0.3) is 0 Å². The molecule has 27 heavy (non-hydrogen) atoms. The first-order valence-electron chi connectivity index (χ1n) is 9.20. The number of hydrogen-bond acceptors (Lipinski definition) is 3. The summed E-state index contributed by atoms with van der Waals surface area (Å²) in [5.74, 6) is -0.105. The molecule has 3 rings (SSSR count). The monoisotopic (exact) mass is 374 g/mol. The molecule has 1 aromatic carbocycles. The van der Waals surface area contributed by atoms with E-state index in [9.17, 15) is 13.6 Å². The molecule has 0 aliphatic carbocycles. The molecule has 1 aliphatic rings. The highest BCUT2D eigenvalue weighted by Crippen LogP contribution is 2.23. The highest BCUT2D eigenvalue weighted by atomic mass is 19.1. The number of hydrogen-bond donors (Lipinski definition) is 1. The molecule has 1 saturated heterocycles. The molecule has 2 aromatic rings. The number of aromatic nitrogens is 2. The number of rotatable bonds is 4. The van der Waals surface area contributed by atoms with Crippen LogP contribution in [0.3, 0.4) is 0 Å². The van der Waals surface area contributed by atoms with Crippen LogP contribution in [0.4, 0.5) is 13.6 Å². The second kappa shape index (κ2) is 8.41. The maximum atomic E-state index is 13.3. The van der Waals surface area contributed by atoms with E-state index in [0.29, 0.717) is 36.8 Å². The van der Waals surface area contributed by atoms with Crippen molar-refractivity contribution in [2.45, 2.75) is 39.2 Å². The first-order chi connectivity index (χ1) is 12.9. The second-order valence-electron chi connectivity index (χ2n) is 7.11. The van der Waals surface area contributed by atoms with E-state index in [2.05, 4.69) is 15.3 Å². The Kier molecular flexibility index (Phi) is 5.98. The number of carbonyl (C=O) groups is 1. The minimum atomic E-state index is -0.546. The lowest BCUT2D eigenvalue weighted by atomic mass is 9.90. The third kappa shape index (κ3) is 5.21. The van der Waals surface area contributed by atoms with E-state index in [-0.39, 0.29) is 12.1 Å². The number of carbonyl (C=O) groups excluding carboxylic acids is 1. The molecule has 2 amide bonds. The summed E-state index contributed by atoms with van der Waals surface area (Å²) < 4.78 is 26.7. The number of benzene rings is 1. The van der Waals surface area contributed by atoms with Gasteiger partial charge >= 0.3 is 6.03 Å². The highest BCUT2D eigenvalue weighted by Gasteiger charge is 2.24. The molecular weight excluding hydrogens is 350 g/mol. The Hall–Kier alpha value is -2.57. The van der Waals surface area contributed by atoms with Gasteiger partial charge in [-0.2, -0.15) is 0 Å². The van der Waals surface area contributed by atoms with Crippen LogP contribution < -0.4 is 5.32 Å². The Morgan fingerprint density at radius 3 is 2.56 bits per heavy atom. The van der Waals surface area contributed by atoms with E-state index in [1.165, 1.54) is 12.1 Å². The van der Waals surface area contributed by atoms with Gasteiger partial charge in [0.2, 0.25) is 0 Å². The van der Waals surface area contributed by atoms with Gasteiger partial charge in [0.1, 0.15) is 17.5 Å². The van der Waals surface area contributed by atoms with Gasteiger partial charge in [0.15, 0.2) is 0 Å². The number of nitrogens with zero attached hydrogens (tertiary/aromatic N) is 3. The van der Waals surface area contributed by atoms with E-state index in [0.717, 1.165) is 24.6 Å². The highest BCUT2D eigenvalue weighted by molar-refractivity contribution is 5.74. The van der Waals surface area contributed by atoms with Crippen LogP contribution in [0, 0.1) is 24.5 Å². The van der Waals surface area contributed by atoms with Crippen LogP contribution in [0.15, 0.2) is 30.5 Å². The van der Waals surface area contributed by atoms with Gasteiger partial charge in [-0.3, -0.25) is 0 Å². The minimum Gasteiger partial charge on any atom is -0.330 e. The van der Waals surface area contributed by atoms with Crippen LogP contribution in [0.2, 0.25) is 0 Å². The summed E-state index contributed by atoms with van der Waals surface area (Å²) in [6, 6.07) is 5.13. The molecule has 1 aliphatic heterocycles. The summed E-state index contributed by atoms with van der Waals surface area (Å²) in [5, 5.41) is 2.97. The van der Waals surface area contributed by atoms with Gasteiger partial charge in [-0.05, 0) is 62.8 Å². The average Bonchev–Trinajstić information content (AvgIpc) is 2.61. The number of nitrogens with one attached hydrogen (secondary N) is 1. The van der Waals surface area contributed by atoms with Crippen molar-refractivity contribution < 1.29 is 13.6 Å². The maximum absolute atomic E-state index is 13.3. The molecule has 0 bridgehead atoms. The van der Waals surface area contributed by atoms with Crippen LogP contribution in [0.5, 0.6) is 0 Å². The molecule has 144 valence electrons. The fraction of sp³-hybridized carbons (Fsp3) is 0.450. The van der Waals surface area contributed by atoms with Gasteiger partial charge in [0, 0.05) is 25.4 Å². The Labute approximate surface area is 157 Å². The molecule has 5 nitrogen and oxygen atoms in total. The lowest BCUT2D eigenvalue weighted by Gasteiger charge is -2.33. The zero-order valence-corrected chi connectivity index (χ0v) is 15.6. The predicted octanol–water partition coefficient (Wildman–Crippen LogP) is 3.79. The van der Waals surface area contributed by atoms with Crippen molar-refractivity contribution in [3.63, 3.8) is 0 Å². The van der Waals surface area contributed by atoms with Crippen molar-refractivity contribution >= 4 is 6.03 Å². The summed E-state index contributed by atoms with van der Waals surface area (Å²) in [4.78, 5) is 22.7. The smallest absolute Gasteiger partial charge is 0.317 e. The molecule has 2 heterocycles. The minimum absolute atomic E-state index is 0.117. The van der Waals surface area contributed by atoms with Crippen LogP contribution in [-0.2, 0) is 6.42 Å². The van der Waals surface area contributed by atoms with Crippen molar-refractivity contribution in [1.29, 1.82) is 0 Å². The Balaban J connectivity index is 1.50. The number of aryl methyl sites for hydroxylation is 1. The third-order valence-corrected chi connectivity index (χ3v) is 4.93. The molecule has 1 atom stereocenters. The van der Waals surface area contributed by atoms with Crippen molar-refractivity contribution in [3.8, 4) is 0 Å². The lowest BCUT2D eigenvalue weighted by molar-refractivity contribution is 0.167. The molecular formula is C20H24F2N4O. The van der Waals surface area contributed by atoms with E-state index in [1.54, 1.807) is 17.2 Å². The van der Waals surface area contributed by atoms with Gasteiger partial charge in [0.25, 0.3) is 0 Å². The summed E-state index contributed by atoms with van der Waals surface area (Å²) in [6.07, 6.45) is 3.93. The quantitative estimate of drug-likeness (QED) is 0.886. The van der Waals surface area contributed by atoms with Gasteiger partial charge < -0.3 is 10.2 Å². The van der Waals surface area contributed by atoms with Crippen molar-refractivity contribution in [2.24, 2.45) is 5.92 Å². The zero-order chi connectivity index (χ0) is 19.4. The first-order valence-corrected chi connectivity index (χ1v) is 9.20. The number of amides is 2. The van der Waals surface area contributed by atoms with Crippen molar-refractivity contribution in [2.75, 3.05) is 13.1 Å². The van der Waals surface area contributed by atoms with Gasteiger partial charge in [-0.1, -0.05) is 0 Å². The topological polar surface area (TPSA) is 58.1 Å². The number of likely N-dealkylation sites (tertiary alicyclic amines) is 1. The largest absolute Gasteiger partial charge is 0.330 e. The Morgan fingerprint density at radius 2 is 1.93 bits per heavy atom. The third-order valence-electron chi connectivity index (χ3n) is 4.93. The summed E-state index contributed by atoms with van der Waals surface area (Å²) in [5.41, 5.74) is 1.45. The van der Waals surface area contributed by atoms with Crippen LogP contribution in [-0.4, -0.2) is 34.0 Å². The fourth-order valence-corrected chi connectivity index (χ4v) is 3.47. The molecule has 1 unspecified atom stereocenters. The second-order valence-corrected chi connectivity index (χ2v) is 7.11. The van der Waals surface area contributed by atoms with E-state index in [1.807, 2.05) is 13.8 Å². The number of halogens is 2. The standard InChI is InChI=1S/C20H24F2N4O/c1-13(19-3-6-23-14(2)25-19)24-20(27)26-7-4-15(5-8-26)9-16-10-17(21)12-18(22)11-16/h3,6,10-13,15H,4-5,7-9H2,1-2H3,(H,24,27). The van der Waals surface area contributed by atoms with Crippen molar-refractivity contribution in [3.05, 3.63) is 59.2 Å². The molecule has 1 fully saturated rings. The SMILES string of the molecule is Cc1nccc(C(C)NC(=O)N2CCC(Cc3cc(F)cc(F)c3)CC2)n1. The van der Waals surface area contributed by atoms with Gasteiger partial charge in [-0.25, -0.2) is 23.5 Å².